The molecule has 1 amide bonds. The molecule has 3 aromatic rings. The van der Waals surface area contributed by atoms with E-state index in [1.807, 2.05) is 66.9 Å². The van der Waals surface area contributed by atoms with E-state index in [1.165, 1.54) is 11.8 Å². The van der Waals surface area contributed by atoms with E-state index in [9.17, 15) is 4.79 Å². The molecule has 1 aliphatic heterocycles. The summed E-state index contributed by atoms with van der Waals surface area (Å²) in [6.07, 6.45) is 5.94. The van der Waals surface area contributed by atoms with Crippen LogP contribution in [0, 0.1) is 0 Å². The Hall–Kier alpha value is -2.91. The molecule has 0 bridgehead atoms. The molecule has 2 heterocycles. The molecule has 7 nitrogen and oxygen atoms in total. The maximum atomic E-state index is 13.2. The molecule has 0 aliphatic carbocycles. The van der Waals surface area contributed by atoms with Crippen molar-refractivity contribution >= 4 is 41.2 Å². The third-order valence-corrected chi connectivity index (χ3v) is 5.91. The number of rotatable bonds is 9. The molecule has 9 heteroatoms. The van der Waals surface area contributed by atoms with Gasteiger partial charge in [0.25, 0.3) is 5.22 Å². The highest BCUT2D eigenvalue weighted by Gasteiger charge is 2.20. The van der Waals surface area contributed by atoms with Crippen LogP contribution in [-0.2, 0) is 10.5 Å². The Labute approximate surface area is 195 Å². The van der Waals surface area contributed by atoms with Crippen molar-refractivity contribution in [1.82, 2.24) is 10.2 Å². The van der Waals surface area contributed by atoms with Crippen LogP contribution in [0.15, 0.2) is 64.2 Å². The minimum atomic E-state index is -0.0750. The van der Waals surface area contributed by atoms with Crippen LogP contribution in [0.3, 0.4) is 0 Å². The number of amides is 1. The lowest BCUT2D eigenvalue weighted by Crippen LogP contribution is -2.32. The number of ether oxygens (including phenoxy) is 2. The summed E-state index contributed by atoms with van der Waals surface area (Å²) in [5.41, 5.74) is 1.81. The van der Waals surface area contributed by atoms with E-state index >= 15 is 0 Å². The first kappa shape index (κ1) is 22.3. The van der Waals surface area contributed by atoms with Crippen LogP contribution in [0.4, 0.5) is 5.69 Å². The van der Waals surface area contributed by atoms with E-state index in [0.29, 0.717) is 48.1 Å². The minimum Gasteiger partial charge on any atom is -0.486 e. The van der Waals surface area contributed by atoms with E-state index in [4.69, 9.17) is 13.9 Å². The van der Waals surface area contributed by atoms with Crippen LogP contribution in [-0.4, -0.2) is 47.9 Å². The Morgan fingerprint density at radius 3 is 2.72 bits per heavy atom. The van der Waals surface area contributed by atoms with Crippen molar-refractivity contribution in [3.63, 3.8) is 0 Å². The quantitative estimate of drug-likeness (QED) is 0.423. The van der Waals surface area contributed by atoms with Gasteiger partial charge in [-0.25, -0.2) is 0 Å². The maximum absolute atomic E-state index is 13.2. The number of carbonyl (C=O) groups is 1. The molecule has 2 aromatic carbocycles. The Balaban J connectivity index is 1.49. The second-order valence-corrected chi connectivity index (χ2v) is 8.62. The standard InChI is InChI=1S/C23H23N3O4S2/c1-31-15-21-24-25-23(30-21)32-16-22(27)26(11-5-8-17-6-3-2-4-7-17)18-9-10-19-20(14-18)29-13-12-28-19/h2-10,14H,11-13,15-16H2,1H3/b8-5+. The molecule has 1 aromatic heterocycles. The molecule has 166 valence electrons. The molecule has 0 spiro atoms. The molecular formula is C23H23N3O4S2. The summed E-state index contributed by atoms with van der Waals surface area (Å²) in [6, 6.07) is 15.5. The lowest BCUT2D eigenvalue weighted by Gasteiger charge is -2.24. The number of aromatic nitrogens is 2. The van der Waals surface area contributed by atoms with Gasteiger partial charge in [0.05, 0.1) is 11.5 Å². The average molecular weight is 470 g/mol. The van der Waals surface area contributed by atoms with Crippen molar-refractivity contribution in [3.8, 4) is 11.5 Å². The van der Waals surface area contributed by atoms with Gasteiger partial charge < -0.3 is 18.8 Å². The van der Waals surface area contributed by atoms with Crippen LogP contribution in [0.1, 0.15) is 11.5 Å². The van der Waals surface area contributed by atoms with E-state index in [-0.39, 0.29) is 11.7 Å². The van der Waals surface area contributed by atoms with Gasteiger partial charge in [0.15, 0.2) is 11.5 Å². The maximum Gasteiger partial charge on any atom is 0.277 e. The Kier molecular flexibility index (Phi) is 7.73. The van der Waals surface area contributed by atoms with Gasteiger partial charge in [-0.2, -0.15) is 11.8 Å². The predicted octanol–water partition coefficient (Wildman–Crippen LogP) is 4.54. The molecule has 0 unspecified atom stereocenters. The molecule has 0 saturated heterocycles. The topological polar surface area (TPSA) is 77.7 Å². The van der Waals surface area contributed by atoms with Crippen LogP contribution in [0.2, 0.25) is 0 Å². The number of anilines is 1. The van der Waals surface area contributed by atoms with Crippen LogP contribution in [0.25, 0.3) is 6.08 Å². The van der Waals surface area contributed by atoms with Gasteiger partial charge in [-0.15, -0.1) is 10.2 Å². The molecule has 0 saturated carbocycles. The Bertz CT molecular complexity index is 1070. The first-order chi connectivity index (χ1) is 15.7. The van der Waals surface area contributed by atoms with Crippen LogP contribution < -0.4 is 14.4 Å². The second-order valence-electron chi connectivity index (χ2n) is 6.83. The number of hydrogen-bond donors (Lipinski definition) is 0. The van der Waals surface area contributed by atoms with Gasteiger partial charge in [0.2, 0.25) is 11.8 Å². The number of fused-ring (bicyclic) bond motifs is 1. The fourth-order valence-corrected chi connectivity index (χ4v) is 4.11. The van der Waals surface area contributed by atoms with Crippen molar-refractivity contribution < 1.29 is 18.7 Å². The summed E-state index contributed by atoms with van der Waals surface area (Å²) in [4.78, 5) is 14.9. The normalized spacial score (nSPS) is 12.8. The zero-order valence-corrected chi connectivity index (χ0v) is 19.2. The Morgan fingerprint density at radius 2 is 1.91 bits per heavy atom. The largest absolute Gasteiger partial charge is 0.486 e. The van der Waals surface area contributed by atoms with Gasteiger partial charge in [-0.3, -0.25) is 4.79 Å². The SMILES string of the molecule is CSCc1nnc(SCC(=O)N(C/C=C/c2ccccc2)c2ccc3c(c2)OCCO3)o1. The third-order valence-electron chi connectivity index (χ3n) is 4.57. The molecule has 0 atom stereocenters. The van der Waals surface area contributed by atoms with Crippen molar-refractivity contribution in [2.75, 3.05) is 36.7 Å². The van der Waals surface area contributed by atoms with Gasteiger partial charge in [-0.05, 0) is 24.0 Å². The lowest BCUT2D eigenvalue weighted by molar-refractivity contribution is -0.116. The summed E-state index contributed by atoms with van der Waals surface area (Å²) in [5.74, 6) is 2.64. The molecule has 1 aliphatic rings. The van der Waals surface area contributed by atoms with Crippen molar-refractivity contribution in [1.29, 1.82) is 0 Å². The van der Waals surface area contributed by atoms with Crippen molar-refractivity contribution in [2.24, 2.45) is 0 Å². The fraction of sp³-hybridized carbons (Fsp3) is 0.261. The average Bonchev–Trinajstić information content (AvgIpc) is 3.28. The molecule has 32 heavy (non-hydrogen) atoms. The highest BCUT2D eigenvalue weighted by Crippen LogP contribution is 2.34. The Morgan fingerprint density at radius 1 is 1.09 bits per heavy atom. The molecule has 0 fully saturated rings. The fourth-order valence-electron chi connectivity index (χ4n) is 3.09. The van der Waals surface area contributed by atoms with Crippen LogP contribution >= 0.6 is 23.5 Å². The molecular weight excluding hydrogens is 446 g/mol. The highest BCUT2D eigenvalue weighted by atomic mass is 32.2. The van der Waals surface area contributed by atoms with E-state index in [1.54, 1.807) is 16.7 Å². The molecule has 0 radical (unpaired) electrons. The predicted molar refractivity (Wildman–Crippen MR) is 128 cm³/mol. The van der Waals surface area contributed by atoms with E-state index in [2.05, 4.69) is 10.2 Å². The van der Waals surface area contributed by atoms with Gasteiger partial charge in [0, 0.05) is 18.3 Å². The van der Waals surface area contributed by atoms with Gasteiger partial charge in [-0.1, -0.05) is 54.2 Å². The summed E-state index contributed by atoms with van der Waals surface area (Å²) in [5, 5.41) is 8.40. The monoisotopic (exact) mass is 469 g/mol. The minimum absolute atomic E-state index is 0.0750. The smallest absolute Gasteiger partial charge is 0.277 e. The molecule has 0 N–H and O–H groups in total. The first-order valence-corrected chi connectivity index (χ1v) is 12.5. The number of nitrogens with zero attached hydrogens (tertiary/aromatic N) is 3. The van der Waals surface area contributed by atoms with Gasteiger partial charge >= 0.3 is 0 Å². The third kappa shape index (κ3) is 5.86. The summed E-state index contributed by atoms with van der Waals surface area (Å²) in [7, 11) is 0. The zero-order valence-electron chi connectivity index (χ0n) is 17.6. The summed E-state index contributed by atoms with van der Waals surface area (Å²) >= 11 is 2.84. The number of thioether (sulfide) groups is 2. The van der Waals surface area contributed by atoms with Crippen LogP contribution in [0.5, 0.6) is 11.5 Å². The number of hydrogen-bond acceptors (Lipinski definition) is 8. The first-order valence-electron chi connectivity index (χ1n) is 10.1. The van der Waals surface area contributed by atoms with E-state index in [0.717, 1.165) is 11.3 Å². The summed E-state index contributed by atoms with van der Waals surface area (Å²) < 4.78 is 16.9. The number of carbonyl (C=O) groups excluding carboxylic acids is 1. The van der Waals surface area contributed by atoms with E-state index < -0.39 is 0 Å². The second kappa shape index (κ2) is 11.1. The van der Waals surface area contributed by atoms with Crippen molar-refractivity contribution in [3.05, 3.63) is 66.1 Å². The van der Waals surface area contributed by atoms with Crippen molar-refractivity contribution in [2.45, 2.75) is 11.0 Å². The zero-order chi connectivity index (χ0) is 22.2. The highest BCUT2D eigenvalue weighted by molar-refractivity contribution is 7.99. The lowest BCUT2D eigenvalue weighted by atomic mass is 10.2. The molecule has 4 rings (SSSR count). The van der Waals surface area contributed by atoms with Gasteiger partial charge in [0.1, 0.15) is 13.2 Å². The number of benzene rings is 2. The summed E-state index contributed by atoms with van der Waals surface area (Å²) in [6.45, 7) is 1.42.